The van der Waals surface area contributed by atoms with E-state index >= 15 is 0 Å². The molecule has 6 heteroatoms. The fraction of sp³-hybridized carbons (Fsp3) is 0.0833. The van der Waals surface area contributed by atoms with Crippen LogP contribution in [0.25, 0.3) is 17.0 Å². The van der Waals surface area contributed by atoms with E-state index < -0.39 is 0 Å². The van der Waals surface area contributed by atoms with Crippen molar-refractivity contribution in [1.82, 2.24) is 19.4 Å². The van der Waals surface area contributed by atoms with E-state index in [1.165, 1.54) is 4.40 Å². The molecule has 3 aromatic rings. The molecular formula is C12H11N5O. The number of anilines is 1. The average Bonchev–Trinajstić information content (AvgIpc) is 2.68. The van der Waals surface area contributed by atoms with Crippen LogP contribution >= 0.6 is 0 Å². The van der Waals surface area contributed by atoms with Crippen LogP contribution in [-0.2, 0) is 0 Å². The number of fused-ring (bicyclic) bond motifs is 1. The van der Waals surface area contributed by atoms with Crippen LogP contribution in [0, 0.1) is 6.92 Å². The van der Waals surface area contributed by atoms with Crippen LogP contribution in [0.4, 0.5) is 5.95 Å². The molecule has 2 aromatic heterocycles. The minimum atomic E-state index is -0.336. The SMILES string of the molecule is Cc1nc(-c2ccccc2)n2c(=O)[nH]c(N)nc12. The average molecular weight is 241 g/mol. The summed E-state index contributed by atoms with van der Waals surface area (Å²) in [5.41, 5.74) is 7.21. The first-order valence-corrected chi connectivity index (χ1v) is 5.47. The third-order valence-corrected chi connectivity index (χ3v) is 2.72. The number of H-pyrrole nitrogens is 1. The van der Waals surface area contributed by atoms with Crippen molar-refractivity contribution in [2.45, 2.75) is 6.92 Å². The van der Waals surface area contributed by atoms with Crippen LogP contribution in [0.1, 0.15) is 5.69 Å². The number of rotatable bonds is 1. The Morgan fingerprint density at radius 3 is 2.67 bits per heavy atom. The van der Waals surface area contributed by atoms with E-state index in [2.05, 4.69) is 15.0 Å². The van der Waals surface area contributed by atoms with Crippen LogP contribution < -0.4 is 11.4 Å². The van der Waals surface area contributed by atoms with Crippen LogP contribution in [0.2, 0.25) is 0 Å². The van der Waals surface area contributed by atoms with Crippen molar-refractivity contribution in [2.24, 2.45) is 0 Å². The van der Waals surface area contributed by atoms with Gasteiger partial charge in [0.2, 0.25) is 5.95 Å². The van der Waals surface area contributed by atoms with Gasteiger partial charge < -0.3 is 5.73 Å². The standard InChI is InChI=1S/C12H11N5O/c1-7-9-15-11(13)16-12(18)17(9)10(14-7)8-5-3-2-4-6-8/h2-6H,1H3,(H3,13,15,16,18). The molecule has 0 saturated heterocycles. The van der Waals surface area contributed by atoms with E-state index in [1.807, 2.05) is 30.3 Å². The molecule has 2 heterocycles. The van der Waals surface area contributed by atoms with Gasteiger partial charge in [-0.25, -0.2) is 14.2 Å². The number of nitrogens with one attached hydrogen (secondary N) is 1. The van der Waals surface area contributed by atoms with Gasteiger partial charge in [0.25, 0.3) is 0 Å². The molecular weight excluding hydrogens is 230 g/mol. The summed E-state index contributed by atoms with van der Waals surface area (Å²) < 4.78 is 1.43. The zero-order valence-electron chi connectivity index (χ0n) is 9.71. The fourth-order valence-electron chi connectivity index (χ4n) is 1.93. The maximum absolute atomic E-state index is 12.0. The summed E-state index contributed by atoms with van der Waals surface area (Å²) in [7, 11) is 0. The second-order valence-corrected chi connectivity index (χ2v) is 3.97. The minimum absolute atomic E-state index is 0.0927. The first-order chi connectivity index (χ1) is 8.66. The molecule has 0 aliphatic heterocycles. The molecule has 90 valence electrons. The molecule has 0 radical (unpaired) electrons. The van der Waals surface area contributed by atoms with Gasteiger partial charge in [-0.2, -0.15) is 4.98 Å². The molecule has 0 saturated carbocycles. The summed E-state index contributed by atoms with van der Waals surface area (Å²) in [6, 6.07) is 9.48. The summed E-state index contributed by atoms with van der Waals surface area (Å²) in [5.74, 6) is 0.659. The predicted octanol–water partition coefficient (Wildman–Crippen LogP) is 0.975. The lowest BCUT2D eigenvalue weighted by Crippen LogP contribution is -2.20. The normalized spacial score (nSPS) is 10.9. The molecule has 0 spiro atoms. The Hall–Kier alpha value is -2.63. The quantitative estimate of drug-likeness (QED) is 0.664. The van der Waals surface area contributed by atoms with Crippen molar-refractivity contribution >= 4 is 11.6 Å². The fourth-order valence-corrected chi connectivity index (χ4v) is 1.93. The van der Waals surface area contributed by atoms with E-state index in [0.717, 1.165) is 5.56 Å². The maximum Gasteiger partial charge on any atom is 0.335 e. The lowest BCUT2D eigenvalue weighted by Gasteiger charge is -2.00. The molecule has 0 aliphatic carbocycles. The van der Waals surface area contributed by atoms with Crippen molar-refractivity contribution in [3.63, 3.8) is 0 Å². The van der Waals surface area contributed by atoms with E-state index in [1.54, 1.807) is 6.92 Å². The highest BCUT2D eigenvalue weighted by Gasteiger charge is 2.13. The molecule has 3 N–H and O–H groups in total. The number of aryl methyl sites for hydroxylation is 1. The Kier molecular flexibility index (Phi) is 2.16. The van der Waals surface area contributed by atoms with Crippen molar-refractivity contribution in [2.75, 3.05) is 5.73 Å². The number of nitrogens with two attached hydrogens (primary N) is 1. The number of hydrogen-bond acceptors (Lipinski definition) is 4. The largest absolute Gasteiger partial charge is 0.369 e. The third kappa shape index (κ3) is 1.46. The van der Waals surface area contributed by atoms with E-state index in [9.17, 15) is 4.79 Å². The number of aromatic nitrogens is 4. The van der Waals surface area contributed by atoms with Crippen LogP contribution in [0.5, 0.6) is 0 Å². The lowest BCUT2D eigenvalue weighted by molar-refractivity contribution is 0.965. The Balaban J connectivity index is 2.42. The summed E-state index contributed by atoms with van der Waals surface area (Å²) in [6.07, 6.45) is 0. The smallest absolute Gasteiger partial charge is 0.335 e. The van der Waals surface area contributed by atoms with E-state index in [4.69, 9.17) is 5.73 Å². The molecule has 0 unspecified atom stereocenters. The highest BCUT2D eigenvalue weighted by Crippen LogP contribution is 2.19. The molecule has 6 nitrogen and oxygen atoms in total. The maximum atomic E-state index is 12.0. The van der Waals surface area contributed by atoms with Gasteiger partial charge >= 0.3 is 5.69 Å². The van der Waals surface area contributed by atoms with Crippen molar-refractivity contribution < 1.29 is 0 Å². The van der Waals surface area contributed by atoms with Gasteiger partial charge in [0, 0.05) is 5.56 Å². The summed E-state index contributed by atoms with van der Waals surface area (Å²) in [4.78, 5) is 22.9. The highest BCUT2D eigenvalue weighted by molar-refractivity contribution is 5.62. The molecule has 0 bridgehead atoms. The van der Waals surface area contributed by atoms with Crippen LogP contribution in [0.3, 0.4) is 0 Å². The van der Waals surface area contributed by atoms with Gasteiger partial charge in [0.05, 0.1) is 5.69 Å². The number of benzene rings is 1. The van der Waals surface area contributed by atoms with E-state index in [-0.39, 0.29) is 11.6 Å². The Bertz CT molecular complexity index is 772. The number of imidazole rings is 1. The summed E-state index contributed by atoms with van der Waals surface area (Å²) in [5, 5.41) is 0. The van der Waals surface area contributed by atoms with Crippen molar-refractivity contribution in [3.05, 3.63) is 46.5 Å². The number of nitrogen functional groups attached to an aromatic ring is 1. The summed E-state index contributed by atoms with van der Waals surface area (Å²) >= 11 is 0. The van der Waals surface area contributed by atoms with Crippen LogP contribution in [0.15, 0.2) is 35.1 Å². The molecule has 1 aromatic carbocycles. The van der Waals surface area contributed by atoms with Gasteiger partial charge in [0.15, 0.2) is 5.65 Å². The second kappa shape index (κ2) is 3.69. The number of nitrogens with zero attached hydrogens (tertiary/aromatic N) is 3. The van der Waals surface area contributed by atoms with Crippen molar-refractivity contribution in [1.29, 1.82) is 0 Å². The molecule has 18 heavy (non-hydrogen) atoms. The van der Waals surface area contributed by atoms with Gasteiger partial charge in [-0.3, -0.25) is 4.98 Å². The molecule has 3 rings (SSSR count). The Labute approximate surface area is 102 Å². The highest BCUT2D eigenvalue weighted by atomic mass is 16.1. The van der Waals surface area contributed by atoms with Gasteiger partial charge in [-0.15, -0.1) is 0 Å². The number of aromatic amines is 1. The lowest BCUT2D eigenvalue weighted by atomic mass is 10.2. The number of hydrogen-bond donors (Lipinski definition) is 2. The third-order valence-electron chi connectivity index (χ3n) is 2.72. The van der Waals surface area contributed by atoms with Gasteiger partial charge in [-0.1, -0.05) is 30.3 Å². The molecule has 0 aliphatic rings. The first-order valence-electron chi connectivity index (χ1n) is 5.47. The minimum Gasteiger partial charge on any atom is -0.369 e. The predicted molar refractivity (Wildman–Crippen MR) is 68.2 cm³/mol. The van der Waals surface area contributed by atoms with Crippen molar-refractivity contribution in [3.8, 4) is 11.4 Å². The monoisotopic (exact) mass is 241 g/mol. The van der Waals surface area contributed by atoms with Gasteiger partial charge in [-0.05, 0) is 6.92 Å². The van der Waals surface area contributed by atoms with Crippen LogP contribution in [-0.4, -0.2) is 19.4 Å². The topological polar surface area (TPSA) is 89.1 Å². The molecule has 0 amide bonds. The molecule has 0 atom stereocenters. The zero-order valence-corrected chi connectivity index (χ0v) is 9.71. The van der Waals surface area contributed by atoms with Gasteiger partial charge in [0.1, 0.15) is 5.82 Å². The Morgan fingerprint density at radius 2 is 1.94 bits per heavy atom. The second-order valence-electron chi connectivity index (χ2n) is 3.97. The molecule has 0 fully saturated rings. The van der Waals surface area contributed by atoms with E-state index in [0.29, 0.717) is 17.2 Å². The summed E-state index contributed by atoms with van der Waals surface area (Å²) in [6.45, 7) is 1.80. The zero-order chi connectivity index (χ0) is 12.7. The Morgan fingerprint density at radius 1 is 1.22 bits per heavy atom. The first kappa shape index (κ1) is 10.5.